The summed E-state index contributed by atoms with van der Waals surface area (Å²) >= 11 is 0. The SMILES string of the molecule is C=C(C)C(C)(C)c1ccc(C#N)cc1. The summed E-state index contributed by atoms with van der Waals surface area (Å²) in [5.41, 5.74) is 3.01. The fraction of sp³-hybridized carbons (Fsp3) is 0.308. The first-order chi connectivity index (χ1) is 6.48. The first-order valence-electron chi connectivity index (χ1n) is 4.65. The van der Waals surface area contributed by atoms with E-state index in [1.165, 1.54) is 5.56 Å². The second-order valence-corrected chi connectivity index (χ2v) is 4.09. The molecule has 1 heteroatoms. The summed E-state index contributed by atoms with van der Waals surface area (Å²) in [7, 11) is 0. The van der Waals surface area contributed by atoms with E-state index in [0.29, 0.717) is 5.56 Å². The van der Waals surface area contributed by atoms with Gasteiger partial charge in [0.15, 0.2) is 0 Å². The molecule has 0 saturated heterocycles. The van der Waals surface area contributed by atoms with Crippen LogP contribution in [0.5, 0.6) is 0 Å². The summed E-state index contributed by atoms with van der Waals surface area (Å²) in [6.07, 6.45) is 0. The van der Waals surface area contributed by atoms with Gasteiger partial charge < -0.3 is 0 Å². The Morgan fingerprint density at radius 3 is 2.14 bits per heavy atom. The van der Waals surface area contributed by atoms with Crippen LogP contribution < -0.4 is 0 Å². The first-order valence-corrected chi connectivity index (χ1v) is 4.65. The smallest absolute Gasteiger partial charge is 0.0991 e. The highest BCUT2D eigenvalue weighted by molar-refractivity contribution is 5.38. The van der Waals surface area contributed by atoms with Crippen LogP contribution in [0.25, 0.3) is 0 Å². The van der Waals surface area contributed by atoms with Gasteiger partial charge in [0.05, 0.1) is 11.6 Å². The first kappa shape index (κ1) is 10.5. The minimum Gasteiger partial charge on any atom is -0.192 e. The second-order valence-electron chi connectivity index (χ2n) is 4.09. The molecule has 0 aliphatic carbocycles. The number of allylic oxidation sites excluding steroid dienone is 1. The third-order valence-corrected chi connectivity index (χ3v) is 2.80. The lowest BCUT2D eigenvalue weighted by Crippen LogP contribution is -2.17. The summed E-state index contributed by atoms with van der Waals surface area (Å²) in [5.74, 6) is 0. The van der Waals surface area contributed by atoms with E-state index in [1.54, 1.807) is 0 Å². The van der Waals surface area contributed by atoms with Crippen LogP contribution in [0.1, 0.15) is 31.9 Å². The van der Waals surface area contributed by atoms with Gasteiger partial charge in [0.25, 0.3) is 0 Å². The lowest BCUT2D eigenvalue weighted by Gasteiger charge is -2.25. The van der Waals surface area contributed by atoms with Gasteiger partial charge in [-0.1, -0.05) is 38.1 Å². The van der Waals surface area contributed by atoms with Crippen LogP contribution in [0.3, 0.4) is 0 Å². The highest BCUT2D eigenvalue weighted by Crippen LogP contribution is 2.29. The predicted molar refractivity (Wildman–Crippen MR) is 59.0 cm³/mol. The van der Waals surface area contributed by atoms with Crippen molar-refractivity contribution < 1.29 is 0 Å². The molecule has 0 N–H and O–H groups in total. The molecule has 0 aromatic heterocycles. The van der Waals surface area contributed by atoms with Crippen molar-refractivity contribution in [3.63, 3.8) is 0 Å². The van der Waals surface area contributed by atoms with Crippen molar-refractivity contribution in [1.29, 1.82) is 5.26 Å². The molecule has 1 aromatic carbocycles. The van der Waals surface area contributed by atoms with Gasteiger partial charge in [-0.2, -0.15) is 5.26 Å². The molecule has 1 aromatic rings. The Hall–Kier alpha value is -1.55. The van der Waals surface area contributed by atoms with Gasteiger partial charge in [0.1, 0.15) is 0 Å². The standard InChI is InChI=1S/C13H15N/c1-10(2)13(3,4)12-7-5-11(9-14)6-8-12/h5-8H,1H2,2-4H3. The van der Waals surface area contributed by atoms with E-state index in [2.05, 4.69) is 26.5 Å². The molecule has 0 bridgehead atoms. The van der Waals surface area contributed by atoms with Crippen LogP contribution >= 0.6 is 0 Å². The maximum atomic E-state index is 8.67. The van der Waals surface area contributed by atoms with E-state index in [-0.39, 0.29) is 5.41 Å². The number of rotatable bonds is 2. The monoisotopic (exact) mass is 185 g/mol. The molecule has 0 radical (unpaired) electrons. The fourth-order valence-electron chi connectivity index (χ4n) is 1.21. The molecule has 0 fully saturated rings. The number of nitriles is 1. The minimum atomic E-state index is -0.0199. The zero-order valence-corrected chi connectivity index (χ0v) is 8.96. The van der Waals surface area contributed by atoms with Crippen molar-refractivity contribution in [2.24, 2.45) is 0 Å². The third kappa shape index (κ3) is 1.85. The van der Waals surface area contributed by atoms with Crippen molar-refractivity contribution in [3.05, 3.63) is 47.5 Å². The Kier molecular flexibility index (Phi) is 2.76. The van der Waals surface area contributed by atoms with E-state index in [9.17, 15) is 0 Å². The van der Waals surface area contributed by atoms with Crippen LogP contribution in [0.15, 0.2) is 36.4 Å². The lowest BCUT2D eigenvalue weighted by molar-refractivity contribution is 0.626. The fourth-order valence-corrected chi connectivity index (χ4v) is 1.21. The van der Waals surface area contributed by atoms with Crippen molar-refractivity contribution in [2.75, 3.05) is 0 Å². The van der Waals surface area contributed by atoms with Crippen LogP contribution in [0, 0.1) is 11.3 Å². The lowest BCUT2D eigenvalue weighted by atomic mass is 9.79. The number of hydrogen-bond acceptors (Lipinski definition) is 1. The molecule has 1 rings (SSSR count). The number of benzene rings is 1. The Bertz CT molecular complexity index is 377. The molecule has 72 valence electrons. The third-order valence-electron chi connectivity index (χ3n) is 2.80. The van der Waals surface area contributed by atoms with E-state index in [1.807, 2.05) is 31.2 Å². The largest absolute Gasteiger partial charge is 0.192 e. The molecule has 1 nitrogen and oxygen atoms in total. The molecule has 14 heavy (non-hydrogen) atoms. The molecule has 0 amide bonds. The number of nitrogens with zero attached hydrogens (tertiary/aromatic N) is 1. The van der Waals surface area contributed by atoms with Gasteiger partial charge in [-0.3, -0.25) is 0 Å². The molecular weight excluding hydrogens is 170 g/mol. The summed E-state index contributed by atoms with van der Waals surface area (Å²) in [6, 6.07) is 9.79. The average molecular weight is 185 g/mol. The van der Waals surface area contributed by atoms with Crippen molar-refractivity contribution in [3.8, 4) is 6.07 Å². The predicted octanol–water partition coefficient (Wildman–Crippen LogP) is 3.41. The number of hydrogen-bond donors (Lipinski definition) is 0. The highest BCUT2D eigenvalue weighted by Gasteiger charge is 2.20. The quantitative estimate of drug-likeness (QED) is 0.648. The molecule has 0 heterocycles. The van der Waals surface area contributed by atoms with Gasteiger partial charge in [0.2, 0.25) is 0 Å². The Morgan fingerprint density at radius 1 is 1.29 bits per heavy atom. The molecule has 0 aliphatic heterocycles. The van der Waals surface area contributed by atoms with Crippen LogP contribution in [-0.4, -0.2) is 0 Å². The van der Waals surface area contributed by atoms with Gasteiger partial charge in [-0.25, -0.2) is 0 Å². The Morgan fingerprint density at radius 2 is 1.79 bits per heavy atom. The Balaban J connectivity index is 3.10. The molecule has 0 unspecified atom stereocenters. The van der Waals surface area contributed by atoms with Crippen LogP contribution in [0.4, 0.5) is 0 Å². The van der Waals surface area contributed by atoms with Gasteiger partial charge in [0, 0.05) is 5.41 Å². The van der Waals surface area contributed by atoms with Gasteiger partial charge >= 0.3 is 0 Å². The van der Waals surface area contributed by atoms with E-state index < -0.39 is 0 Å². The normalized spacial score (nSPS) is 10.7. The Labute approximate surface area is 85.7 Å². The average Bonchev–Trinajstić information content (AvgIpc) is 2.17. The molecule has 0 spiro atoms. The van der Waals surface area contributed by atoms with Crippen LogP contribution in [0.2, 0.25) is 0 Å². The van der Waals surface area contributed by atoms with Crippen LogP contribution in [-0.2, 0) is 5.41 Å². The summed E-state index contributed by atoms with van der Waals surface area (Å²) in [5, 5.41) is 8.67. The van der Waals surface area contributed by atoms with Gasteiger partial charge in [-0.15, -0.1) is 0 Å². The van der Waals surface area contributed by atoms with E-state index >= 15 is 0 Å². The van der Waals surface area contributed by atoms with Crippen molar-refractivity contribution in [2.45, 2.75) is 26.2 Å². The summed E-state index contributed by atoms with van der Waals surface area (Å²) in [6.45, 7) is 10.3. The minimum absolute atomic E-state index is 0.0199. The van der Waals surface area contributed by atoms with Crippen molar-refractivity contribution >= 4 is 0 Å². The molecule has 0 atom stereocenters. The van der Waals surface area contributed by atoms with Gasteiger partial charge in [-0.05, 0) is 24.6 Å². The summed E-state index contributed by atoms with van der Waals surface area (Å²) < 4.78 is 0. The van der Waals surface area contributed by atoms with Crippen molar-refractivity contribution in [1.82, 2.24) is 0 Å². The topological polar surface area (TPSA) is 23.8 Å². The summed E-state index contributed by atoms with van der Waals surface area (Å²) in [4.78, 5) is 0. The maximum absolute atomic E-state index is 8.67. The molecule has 0 saturated carbocycles. The molecular formula is C13H15N. The molecule has 0 aliphatic rings. The second kappa shape index (κ2) is 3.67. The van der Waals surface area contributed by atoms with E-state index in [4.69, 9.17) is 5.26 Å². The highest BCUT2D eigenvalue weighted by atomic mass is 14.3. The zero-order valence-electron chi connectivity index (χ0n) is 8.96. The zero-order chi connectivity index (χ0) is 10.8. The maximum Gasteiger partial charge on any atom is 0.0991 e. The van der Waals surface area contributed by atoms with E-state index in [0.717, 1.165) is 5.57 Å².